The molecule has 2 aliphatic heterocycles. The highest BCUT2D eigenvalue weighted by atomic mass is 32.2. The van der Waals surface area contributed by atoms with Crippen LogP contribution in [0.4, 0.5) is 11.6 Å². The molecule has 11 heteroatoms. The Morgan fingerprint density at radius 1 is 1.15 bits per heavy atom. The van der Waals surface area contributed by atoms with Crippen LogP contribution in [0.2, 0.25) is 0 Å². The molecule has 34 heavy (non-hydrogen) atoms. The van der Waals surface area contributed by atoms with Gasteiger partial charge in [-0.15, -0.1) is 0 Å². The fraction of sp³-hybridized carbons (Fsp3) is 0.522. The molecule has 1 aromatic carbocycles. The van der Waals surface area contributed by atoms with Crippen molar-refractivity contribution in [1.82, 2.24) is 14.3 Å². The van der Waals surface area contributed by atoms with E-state index in [1.807, 2.05) is 4.90 Å². The molecule has 2 aliphatic rings. The van der Waals surface area contributed by atoms with Crippen LogP contribution in [-0.4, -0.2) is 68.0 Å². The number of rotatable bonds is 7. The number of amides is 1. The Kier molecular flexibility index (Phi) is 7.64. The van der Waals surface area contributed by atoms with E-state index in [0.717, 1.165) is 19.3 Å². The topological polar surface area (TPSA) is 125 Å². The lowest BCUT2D eigenvalue weighted by Crippen LogP contribution is -2.38. The summed E-state index contributed by atoms with van der Waals surface area (Å²) >= 11 is 0. The van der Waals surface area contributed by atoms with E-state index in [1.54, 1.807) is 25.1 Å². The van der Waals surface area contributed by atoms with Crippen molar-refractivity contribution in [1.29, 1.82) is 0 Å². The van der Waals surface area contributed by atoms with Gasteiger partial charge in [0.15, 0.2) is 0 Å². The van der Waals surface area contributed by atoms with Crippen molar-refractivity contribution in [3.63, 3.8) is 0 Å². The number of benzene rings is 1. The first-order chi connectivity index (χ1) is 16.3. The zero-order chi connectivity index (χ0) is 24.1. The minimum atomic E-state index is -3.58. The number of nitrogens with zero attached hydrogens (tertiary/aromatic N) is 3. The number of aromatic amines is 1. The van der Waals surface area contributed by atoms with Gasteiger partial charge in [0.05, 0.1) is 18.1 Å². The van der Waals surface area contributed by atoms with Crippen molar-refractivity contribution in [2.75, 3.05) is 49.6 Å². The molecule has 10 nitrogen and oxygen atoms in total. The number of H-pyrrole nitrogens is 1. The van der Waals surface area contributed by atoms with Crippen molar-refractivity contribution in [2.45, 2.75) is 43.9 Å². The first-order valence-corrected chi connectivity index (χ1v) is 13.1. The van der Waals surface area contributed by atoms with E-state index in [0.29, 0.717) is 62.3 Å². The lowest BCUT2D eigenvalue weighted by atomic mass is 10.1. The first-order valence-electron chi connectivity index (χ1n) is 11.7. The average molecular weight is 490 g/mol. The molecule has 2 N–H and O–H groups in total. The van der Waals surface area contributed by atoms with Gasteiger partial charge in [0, 0.05) is 49.5 Å². The van der Waals surface area contributed by atoms with Gasteiger partial charge < -0.3 is 15.0 Å². The largest absolute Gasteiger partial charge is 0.378 e. The molecule has 0 aliphatic carbocycles. The van der Waals surface area contributed by atoms with Gasteiger partial charge in [0.25, 0.3) is 5.56 Å². The quantitative estimate of drug-likeness (QED) is 0.606. The van der Waals surface area contributed by atoms with E-state index in [1.165, 1.54) is 10.4 Å². The number of ether oxygens (including phenoxy) is 1. The summed E-state index contributed by atoms with van der Waals surface area (Å²) in [6.45, 7) is 5.31. The average Bonchev–Trinajstić information content (AvgIpc) is 2.84. The lowest BCUT2D eigenvalue weighted by molar-refractivity contribution is -0.116. The zero-order valence-corrected chi connectivity index (χ0v) is 20.2. The third kappa shape index (κ3) is 5.65. The molecule has 0 atom stereocenters. The Labute approximate surface area is 199 Å². The van der Waals surface area contributed by atoms with Crippen LogP contribution in [0, 0.1) is 6.92 Å². The molecule has 0 bridgehead atoms. The van der Waals surface area contributed by atoms with Crippen molar-refractivity contribution < 1.29 is 17.9 Å². The van der Waals surface area contributed by atoms with Gasteiger partial charge in [-0.2, -0.15) is 4.31 Å². The second-order valence-corrected chi connectivity index (χ2v) is 10.5. The predicted molar refractivity (Wildman–Crippen MR) is 129 cm³/mol. The number of anilines is 2. The van der Waals surface area contributed by atoms with E-state index in [-0.39, 0.29) is 29.2 Å². The molecule has 0 radical (unpaired) electrons. The molecule has 0 saturated carbocycles. The molecule has 2 saturated heterocycles. The fourth-order valence-corrected chi connectivity index (χ4v) is 5.83. The number of morpholine rings is 1. The van der Waals surface area contributed by atoms with Gasteiger partial charge >= 0.3 is 0 Å². The van der Waals surface area contributed by atoms with Crippen molar-refractivity contribution in [2.24, 2.45) is 0 Å². The van der Waals surface area contributed by atoms with Gasteiger partial charge in [-0.25, -0.2) is 13.4 Å². The highest BCUT2D eigenvalue weighted by Gasteiger charge is 2.26. The Morgan fingerprint density at radius 3 is 2.59 bits per heavy atom. The Balaban J connectivity index is 1.39. The maximum atomic E-state index is 12.9. The minimum absolute atomic E-state index is 0.0750. The number of carbonyl (C=O) groups excluding carboxylic acids is 1. The standard InChI is InChI=1S/C23H31N5O5S/c1-17-20(22(30)26-23(24-17)27-12-14-33-15-13-27)8-9-21(29)25-18-6-5-7-19(16-18)34(31,32)28-10-3-2-4-11-28/h5-7,16H,2-4,8-15H2,1H3,(H,25,29)(H,24,26,30). The normalized spacial score (nSPS) is 17.5. The summed E-state index contributed by atoms with van der Waals surface area (Å²) in [5.41, 5.74) is 1.21. The van der Waals surface area contributed by atoms with Gasteiger partial charge in [0.2, 0.25) is 21.9 Å². The van der Waals surface area contributed by atoms with Crippen molar-refractivity contribution >= 4 is 27.6 Å². The van der Waals surface area contributed by atoms with Gasteiger partial charge in [-0.05, 0) is 44.4 Å². The van der Waals surface area contributed by atoms with E-state index in [4.69, 9.17) is 4.74 Å². The molecule has 4 rings (SSSR count). The molecule has 2 fully saturated rings. The van der Waals surface area contributed by atoms with Gasteiger partial charge in [-0.1, -0.05) is 12.5 Å². The van der Waals surface area contributed by atoms with Crippen LogP contribution >= 0.6 is 0 Å². The van der Waals surface area contributed by atoms with E-state index >= 15 is 0 Å². The monoisotopic (exact) mass is 489 g/mol. The molecular formula is C23H31N5O5S. The van der Waals surface area contributed by atoms with Crippen LogP contribution in [-0.2, 0) is 26.0 Å². The third-order valence-electron chi connectivity index (χ3n) is 6.19. The van der Waals surface area contributed by atoms with Crippen molar-refractivity contribution in [3.05, 3.63) is 45.9 Å². The number of aryl methyl sites for hydroxylation is 1. The lowest BCUT2D eigenvalue weighted by Gasteiger charge is -2.27. The zero-order valence-electron chi connectivity index (χ0n) is 19.4. The Hall–Kier alpha value is -2.76. The summed E-state index contributed by atoms with van der Waals surface area (Å²) in [7, 11) is -3.58. The van der Waals surface area contributed by atoms with Crippen LogP contribution < -0.4 is 15.8 Å². The molecule has 184 valence electrons. The number of piperidine rings is 1. The van der Waals surface area contributed by atoms with Crippen LogP contribution in [0.1, 0.15) is 36.9 Å². The maximum Gasteiger partial charge on any atom is 0.255 e. The van der Waals surface area contributed by atoms with E-state index in [9.17, 15) is 18.0 Å². The number of nitrogens with one attached hydrogen (secondary N) is 2. The SMILES string of the molecule is Cc1nc(N2CCOCC2)[nH]c(=O)c1CCC(=O)Nc1cccc(S(=O)(=O)N2CCCCC2)c1. The summed E-state index contributed by atoms with van der Waals surface area (Å²) in [6, 6.07) is 6.31. The van der Waals surface area contributed by atoms with E-state index in [2.05, 4.69) is 15.3 Å². The number of sulfonamides is 1. The highest BCUT2D eigenvalue weighted by Crippen LogP contribution is 2.23. The Bertz CT molecular complexity index is 1180. The molecular weight excluding hydrogens is 458 g/mol. The molecule has 2 aromatic rings. The molecule has 1 aromatic heterocycles. The fourth-order valence-electron chi connectivity index (χ4n) is 4.27. The number of carbonyl (C=O) groups is 1. The molecule has 0 unspecified atom stereocenters. The summed E-state index contributed by atoms with van der Waals surface area (Å²) in [6.07, 6.45) is 3.06. The summed E-state index contributed by atoms with van der Waals surface area (Å²) < 4.78 is 32.7. The molecule has 0 spiro atoms. The van der Waals surface area contributed by atoms with Crippen LogP contribution in [0.15, 0.2) is 34.0 Å². The highest BCUT2D eigenvalue weighted by molar-refractivity contribution is 7.89. The summed E-state index contributed by atoms with van der Waals surface area (Å²) in [4.78, 5) is 34.7. The molecule has 1 amide bonds. The van der Waals surface area contributed by atoms with Gasteiger partial charge in [0.1, 0.15) is 0 Å². The van der Waals surface area contributed by atoms with E-state index < -0.39 is 10.0 Å². The third-order valence-corrected chi connectivity index (χ3v) is 8.09. The predicted octanol–water partition coefficient (Wildman–Crippen LogP) is 1.66. The van der Waals surface area contributed by atoms with Crippen LogP contribution in [0.25, 0.3) is 0 Å². The van der Waals surface area contributed by atoms with Gasteiger partial charge in [-0.3, -0.25) is 14.6 Å². The molecule has 3 heterocycles. The second kappa shape index (κ2) is 10.7. The van der Waals surface area contributed by atoms with Crippen LogP contribution in [0.5, 0.6) is 0 Å². The summed E-state index contributed by atoms with van der Waals surface area (Å²) in [5, 5.41) is 2.75. The number of hydrogen-bond acceptors (Lipinski definition) is 7. The van der Waals surface area contributed by atoms with Crippen molar-refractivity contribution in [3.8, 4) is 0 Å². The number of aromatic nitrogens is 2. The minimum Gasteiger partial charge on any atom is -0.378 e. The second-order valence-electron chi connectivity index (χ2n) is 8.59. The summed E-state index contributed by atoms with van der Waals surface area (Å²) in [5.74, 6) is 0.217. The van der Waals surface area contributed by atoms with Crippen LogP contribution in [0.3, 0.4) is 0 Å². The maximum absolute atomic E-state index is 12.9. The first kappa shape index (κ1) is 24.4. The smallest absolute Gasteiger partial charge is 0.255 e. The number of hydrogen-bond donors (Lipinski definition) is 2. The Morgan fingerprint density at radius 2 is 1.88 bits per heavy atom.